The molecule has 1 aliphatic carbocycles. The number of halogens is 1. The SMILES string of the molecule is N#Cc1ccc(CN(C(=O)CCl)C2CCOCC23CCCC3)cc1. The molecule has 0 bridgehead atoms. The fraction of sp³-hybridized carbons (Fsp3) is 0.579. The Balaban J connectivity index is 1.84. The molecule has 2 fully saturated rings. The molecule has 1 aromatic rings. The molecule has 1 amide bonds. The third kappa shape index (κ3) is 3.43. The number of benzene rings is 1. The maximum absolute atomic E-state index is 12.6. The Morgan fingerprint density at radius 1 is 1.33 bits per heavy atom. The molecule has 1 aromatic carbocycles. The van der Waals surface area contributed by atoms with E-state index >= 15 is 0 Å². The van der Waals surface area contributed by atoms with Gasteiger partial charge in [-0.2, -0.15) is 5.26 Å². The van der Waals surface area contributed by atoms with Crippen molar-refractivity contribution in [2.45, 2.75) is 44.7 Å². The van der Waals surface area contributed by atoms with E-state index in [1.54, 1.807) is 12.1 Å². The molecule has 24 heavy (non-hydrogen) atoms. The topological polar surface area (TPSA) is 53.3 Å². The summed E-state index contributed by atoms with van der Waals surface area (Å²) in [7, 11) is 0. The molecule has 1 atom stereocenters. The van der Waals surface area contributed by atoms with Gasteiger partial charge in [-0.3, -0.25) is 4.79 Å². The zero-order valence-electron chi connectivity index (χ0n) is 13.8. The summed E-state index contributed by atoms with van der Waals surface area (Å²) in [6.07, 6.45) is 5.53. The molecular weight excluding hydrogens is 324 g/mol. The lowest BCUT2D eigenvalue weighted by Gasteiger charge is -2.47. The van der Waals surface area contributed by atoms with E-state index in [4.69, 9.17) is 21.6 Å². The zero-order valence-corrected chi connectivity index (χ0v) is 14.6. The Hall–Kier alpha value is -1.57. The van der Waals surface area contributed by atoms with Gasteiger partial charge < -0.3 is 9.64 Å². The smallest absolute Gasteiger partial charge is 0.238 e. The van der Waals surface area contributed by atoms with Crippen molar-refractivity contribution in [2.24, 2.45) is 5.41 Å². The van der Waals surface area contributed by atoms with Crippen molar-refractivity contribution in [1.82, 2.24) is 4.90 Å². The third-order valence-electron chi connectivity index (χ3n) is 5.48. The molecule has 5 heteroatoms. The molecule has 0 N–H and O–H groups in total. The maximum Gasteiger partial charge on any atom is 0.238 e. The summed E-state index contributed by atoms with van der Waals surface area (Å²) in [5, 5.41) is 8.93. The number of nitriles is 1. The molecule has 1 aliphatic heterocycles. The van der Waals surface area contributed by atoms with Gasteiger partial charge in [0.25, 0.3) is 0 Å². The van der Waals surface area contributed by atoms with Crippen LogP contribution in [0.25, 0.3) is 0 Å². The highest BCUT2D eigenvalue weighted by Gasteiger charge is 2.47. The Labute approximate surface area is 148 Å². The number of ether oxygens (including phenoxy) is 1. The normalized spacial score (nSPS) is 22.2. The largest absolute Gasteiger partial charge is 0.381 e. The van der Waals surface area contributed by atoms with Crippen LogP contribution in [0.3, 0.4) is 0 Å². The van der Waals surface area contributed by atoms with Crippen molar-refractivity contribution in [1.29, 1.82) is 5.26 Å². The van der Waals surface area contributed by atoms with Crippen molar-refractivity contribution >= 4 is 17.5 Å². The van der Waals surface area contributed by atoms with Crippen molar-refractivity contribution in [3.63, 3.8) is 0 Å². The number of hydrogen-bond donors (Lipinski definition) is 0. The van der Waals surface area contributed by atoms with Gasteiger partial charge in [-0.25, -0.2) is 0 Å². The molecule has 0 radical (unpaired) electrons. The van der Waals surface area contributed by atoms with Crippen LogP contribution >= 0.6 is 11.6 Å². The highest BCUT2D eigenvalue weighted by Crippen LogP contribution is 2.46. The fourth-order valence-corrected chi connectivity index (χ4v) is 4.40. The summed E-state index contributed by atoms with van der Waals surface area (Å²) in [5.41, 5.74) is 1.76. The second-order valence-electron chi connectivity index (χ2n) is 6.89. The van der Waals surface area contributed by atoms with Crippen molar-refractivity contribution < 1.29 is 9.53 Å². The quantitative estimate of drug-likeness (QED) is 0.784. The van der Waals surface area contributed by atoms with Crippen LogP contribution < -0.4 is 0 Å². The lowest BCUT2D eigenvalue weighted by atomic mass is 9.75. The van der Waals surface area contributed by atoms with Gasteiger partial charge in [0.05, 0.1) is 18.2 Å². The Morgan fingerprint density at radius 3 is 2.67 bits per heavy atom. The summed E-state index contributed by atoms with van der Waals surface area (Å²) >= 11 is 5.91. The summed E-state index contributed by atoms with van der Waals surface area (Å²) in [6.45, 7) is 1.99. The molecule has 1 saturated heterocycles. The number of nitrogens with zero attached hydrogens (tertiary/aromatic N) is 2. The Morgan fingerprint density at radius 2 is 2.04 bits per heavy atom. The standard InChI is InChI=1S/C19H23ClN2O2/c20-11-18(23)22(13-16-5-3-15(12-21)4-6-16)17-7-10-24-14-19(17)8-1-2-9-19/h3-6,17H,1-2,7-11,13-14H2. The van der Waals surface area contributed by atoms with Crippen molar-refractivity contribution in [3.05, 3.63) is 35.4 Å². The van der Waals surface area contributed by atoms with Crippen LogP contribution in [0, 0.1) is 16.7 Å². The first-order valence-corrected chi connectivity index (χ1v) is 9.14. The Kier molecular flexibility index (Phi) is 5.43. The zero-order chi connectivity index (χ0) is 17.0. The van der Waals surface area contributed by atoms with Crippen molar-refractivity contribution in [3.8, 4) is 6.07 Å². The number of hydrogen-bond acceptors (Lipinski definition) is 3. The van der Waals surface area contributed by atoms with Gasteiger partial charge in [0, 0.05) is 24.6 Å². The van der Waals surface area contributed by atoms with Crippen LogP contribution in [0.4, 0.5) is 0 Å². The minimum absolute atomic E-state index is 0.00369. The van der Waals surface area contributed by atoms with Crippen molar-refractivity contribution in [2.75, 3.05) is 19.1 Å². The van der Waals surface area contributed by atoms with Gasteiger partial charge in [-0.1, -0.05) is 25.0 Å². The summed E-state index contributed by atoms with van der Waals surface area (Å²) in [4.78, 5) is 14.5. The lowest BCUT2D eigenvalue weighted by Crippen LogP contribution is -2.54. The highest BCUT2D eigenvalue weighted by atomic mass is 35.5. The van der Waals surface area contributed by atoms with Gasteiger partial charge in [0.15, 0.2) is 0 Å². The summed E-state index contributed by atoms with van der Waals surface area (Å²) in [5.74, 6) is -0.0109. The lowest BCUT2D eigenvalue weighted by molar-refractivity contribution is -0.142. The molecule has 0 aromatic heterocycles. The van der Waals surface area contributed by atoms with Gasteiger partial charge in [0.1, 0.15) is 5.88 Å². The average molecular weight is 347 g/mol. The third-order valence-corrected chi connectivity index (χ3v) is 5.71. The van der Waals surface area contributed by atoms with E-state index in [1.807, 2.05) is 17.0 Å². The Bertz CT molecular complexity index is 617. The van der Waals surface area contributed by atoms with Gasteiger partial charge >= 0.3 is 0 Å². The second-order valence-corrected chi connectivity index (χ2v) is 7.16. The summed E-state index contributed by atoms with van der Waals surface area (Å²) in [6, 6.07) is 9.76. The van der Waals surface area contributed by atoms with E-state index in [9.17, 15) is 4.79 Å². The molecular formula is C19H23ClN2O2. The first-order chi connectivity index (χ1) is 11.7. The number of carbonyl (C=O) groups is 1. The molecule has 1 spiro atoms. The van der Waals surface area contributed by atoms with Gasteiger partial charge in [-0.15, -0.1) is 11.6 Å². The first-order valence-electron chi connectivity index (χ1n) is 8.61. The summed E-state index contributed by atoms with van der Waals surface area (Å²) < 4.78 is 5.77. The van der Waals surface area contributed by atoms with Crippen LogP contribution in [0.2, 0.25) is 0 Å². The van der Waals surface area contributed by atoms with E-state index in [2.05, 4.69) is 6.07 Å². The maximum atomic E-state index is 12.6. The average Bonchev–Trinajstić information content (AvgIpc) is 3.09. The molecule has 1 saturated carbocycles. The predicted octanol–water partition coefficient (Wildman–Crippen LogP) is 3.47. The minimum Gasteiger partial charge on any atom is -0.381 e. The number of rotatable bonds is 4. The van der Waals surface area contributed by atoms with Crippen LogP contribution in [-0.2, 0) is 16.1 Å². The van der Waals surface area contributed by atoms with E-state index in [1.165, 1.54) is 12.8 Å². The van der Waals surface area contributed by atoms with Crippen LogP contribution in [-0.4, -0.2) is 35.9 Å². The van der Waals surface area contributed by atoms with Gasteiger partial charge in [0.2, 0.25) is 5.91 Å². The molecule has 4 nitrogen and oxygen atoms in total. The number of carbonyl (C=O) groups excluding carboxylic acids is 1. The predicted molar refractivity (Wildman–Crippen MR) is 92.6 cm³/mol. The van der Waals surface area contributed by atoms with Crippen LogP contribution in [0.1, 0.15) is 43.2 Å². The van der Waals surface area contributed by atoms with E-state index in [-0.39, 0.29) is 23.2 Å². The highest BCUT2D eigenvalue weighted by molar-refractivity contribution is 6.27. The monoisotopic (exact) mass is 346 g/mol. The van der Waals surface area contributed by atoms with E-state index in [0.717, 1.165) is 31.4 Å². The van der Waals surface area contributed by atoms with E-state index < -0.39 is 0 Å². The van der Waals surface area contributed by atoms with Crippen LogP contribution in [0.5, 0.6) is 0 Å². The number of amides is 1. The van der Waals surface area contributed by atoms with Crippen LogP contribution in [0.15, 0.2) is 24.3 Å². The molecule has 128 valence electrons. The fourth-order valence-electron chi connectivity index (χ4n) is 4.25. The second kappa shape index (κ2) is 7.55. The molecule has 1 unspecified atom stereocenters. The molecule has 3 rings (SSSR count). The first kappa shape index (κ1) is 17.3. The molecule has 2 aliphatic rings. The number of alkyl halides is 1. The minimum atomic E-state index is -0.0146. The van der Waals surface area contributed by atoms with E-state index in [0.29, 0.717) is 18.7 Å². The van der Waals surface area contributed by atoms with Gasteiger partial charge in [-0.05, 0) is 37.0 Å². The molecule has 1 heterocycles.